The Kier molecular flexibility index (Phi) is 2.24. The van der Waals surface area contributed by atoms with Crippen molar-refractivity contribution in [3.05, 3.63) is 0 Å². The predicted molar refractivity (Wildman–Crippen MR) is 51.3 cm³/mol. The van der Waals surface area contributed by atoms with Crippen molar-refractivity contribution in [3.63, 3.8) is 0 Å². The third-order valence-electron chi connectivity index (χ3n) is 3.88. The van der Waals surface area contributed by atoms with Crippen molar-refractivity contribution in [1.29, 1.82) is 0 Å². The van der Waals surface area contributed by atoms with E-state index in [1.807, 2.05) is 0 Å². The zero-order valence-corrected chi connectivity index (χ0v) is 7.68. The maximum absolute atomic E-state index is 2.36. The van der Waals surface area contributed by atoms with E-state index in [1.54, 1.807) is 32.0 Å². The van der Waals surface area contributed by atoms with Crippen LogP contribution in [-0.2, 0) is 0 Å². The van der Waals surface area contributed by atoms with E-state index in [-0.39, 0.29) is 0 Å². The molecule has 0 aromatic heterocycles. The molecule has 1 aliphatic carbocycles. The summed E-state index contributed by atoms with van der Waals surface area (Å²) >= 11 is 0. The summed E-state index contributed by atoms with van der Waals surface area (Å²) in [5.74, 6) is 2.27. The Hall–Kier alpha value is 0.0649. The molecule has 1 heterocycles. The van der Waals surface area contributed by atoms with E-state index in [2.05, 4.69) is 6.92 Å². The highest BCUT2D eigenvalue weighted by atomic mass is 14.3. The molecule has 2 rings (SSSR count). The van der Waals surface area contributed by atoms with Crippen LogP contribution in [0, 0.1) is 11.8 Å². The highest BCUT2D eigenvalue weighted by Crippen LogP contribution is 2.41. The Labute approximate surface area is 70.8 Å². The van der Waals surface area contributed by atoms with Gasteiger partial charge in [0, 0.05) is 0 Å². The highest BCUT2D eigenvalue weighted by molar-refractivity contribution is 6.58. The van der Waals surface area contributed by atoms with E-state index in [9.17, 15) is 0 Å². The van der Waals surface area contributed by atoms with Crippen molar-refractivity contribution in [3.8, 4) is 0 Å². The Morgan fingerprint density at radius 3 is 2.82 bits per heavy atom. The van der Waals surface area contributed by atoms with Crippen molar-refractivity contribution < 1.29 is 0 Å². The van der Waals surface area contributed by atoms with E-state index in [0.29, 0.717) is 0 Å². The third kappa shape index (κ3) is 1.63. The molecule has 2 unspecified atom stereocenters. The van der Waals surface area contributed by atoms with Crippen LogP contribution in [-0.4, -0.2) is 6.71 Å². The molecule has 62 valence electrons. The zero-order chi connectivity index (χ0) is 7.68. The molecule has 1 aliphatic heterocycles. The minimum atomic E-state index is 1.09. The van der Waals surface area contributed by atoms with Crippen LogP contribution in [0.25, 0.3) is 0 Å². The number of hydrogen-bond acceptors (Lipinski definition) is 0. The van der Waals surface area contributed by atoms with Crippen LogP contribution in [0.5, 0.6) is 0 Å². The molecular formula is C10H19B. The quantitative estimate of drug-likeness (QED) is 0.503. The number of fused-ring (bicyclic) bond motifs is 2. The topological polar surface area (TPSA) is 0 Å². The van der Waals surface area contributed by atoms with Gasteiger partial charge in [-0.25, -0.2) is 0 Å². The van der Waals surface area contributed by atoms with Crippen molar-refractivity contribution >= 4 is 6.71 Å². The molecule has 2 fully saturated rings. The van der Waals surface area contributed by atoms with Gasteiger partial charge in [-0.2, -0.15) is 0 Å². The minimum Gasteiger partial charge on any atom is -0.0770 e. The van der Waals surface area contributed by atoms with Gasteiger partial charge in [-0.1, -0.05) is 45.1 Å². The van der Waals surface area contributed by atoms with Gasteiger partial charge in [0.2, 0.25) is 0 Å². The summed E-state index contributed by atoms with van der Waals surface area (Å²) in [7, 11) is 0. The molecule has 0 radical (unpaired) electrons. The molecule has 1 saturated heterocycles. The number of hydrogen-bond donors (Lipinski definition) is 0. The Morgan fingerprint density at radius 1 is 1.18 bits per heavy atom. The smallest absolute Gasteiger partial charge is 0.0770 e. The molecule has 2 bridgehead atoms. The molecule has 0 aromatic carbocycles. The molecule has 2 atom stereocenters. The van der Waals surface area contributed by atoms with Gasteiger partial charge in [-0.15, -0.1) is 0 Å². The molecule has 0 aromatic rings. The lowest BCUT2D eigenvalue weighted by Crippen LogP contribution is -2.13. The van der Waals surface area contributed by atoms with Gasteiger partial charge in [0.15, 0.2) is 0 Å². The minimum absolute atomic E-state index is 1.09. The maximum atomic E-state index is 2.36. The van der Waals surface area contributed by atoms with Crippen LogP contribution in [0.15, 0.2) is 0 Å². The summed E-state index contributed by atoms with van der Waals surface area (Å²) in [6.07, 6.45) is 10.8. The first kappa shape index (κ1) is 7.70. The summed E-state index contributed by atoms with van der Waals surface area (Å²) in [4.78, 5) is 0. The van der Waals surface area contributed by atoms with Crippen LogP contribution in [0.2, 0.25) is 19.0 Å². The van der Waals surface area contributed by atoms with Crippen LogP contribution < -0.4 is 0 Å². The van der Waals surface area contributed by atoms with E-state index >= 15 is 0 Å². The van der Waals surface area contributed by atoms with Gasteiger partial charge in [0.05, 0.1) is 0 Å². The average Bonchev–Trinajstić information content (AvgIpc) is 2.31. The molecule has 1 saturated carbocycles. The van der Waals surface area contributed by atoms with Crippen molar-refractivity contribution in [1.82, 2.24) is 0 Å². The second-order valence-electron chi connectivity index (χ2n) is 4.63. The molecule has 11 heavy (non-hydrogen) atoms. The Bertz CT molecular complexity index is 133. The van der Waals surface area contributed by atoms with Crippen molar-refractivity contribution in [2.24, 2.45) is 11.8 Å². The fourth-order valence-corrected chi connectivity index (χ4v) is 3.09. The SMILES string of the molecule is CCB1CCC2CCC(C1)C2. The molecule has 0 amide bonds. The second kappa shape index (κ2) is 3.20. The van der Waals surface area contributed by atoms with Gasteiger partial charge in [0.25, 0.3) is 0 Å². The third-order valence-corrected chi connectivity index (χ3v) is 3.88. The zero-order valence-electron chi connectivity index (χ0n) is 7.68. The monoisotopic (exact) mass is 150 g/mol. The summed E-state index contributed by atoms with van der Waals surface area (Å²) < 4.78 is 0. The first-order valence-electron chi connectivity index (χ1n) is 5.38. The molecular weight excluding hydrogens is 131 g/mol. The Balaban J connectivity index is 1.94. The first-order chi connectivity index (χ1) is 5.38. The van der Waals surface area contributed by atoms with Crippen LogP contribution in [0.1, 0.15) is 32.6 Å². The lowest BCUT2D eigenvalue weighted by atomic mass is 9.41. The van der Waals surface area contributed by atoms with E-state index in [1.165, 1.54) is 12.6 Å². The van der Waals surface area contributed by atoms with Gasteiger partial charge < -0.3 is 0 Å². The van der Waals surface area contributed by atoms with Crippen LogP contribution in [0.3, 0.4) is 0 Å². The molecule has 2 aliphatic rings. The van der Waals surface area contributed by atoms with Crippen molar-refractivity contribution in [2.75, 3.05) is 0 Å². The van der Waals surface area contributed by atoms with Gasteiger partial charge >= 0.3 is 0 Å². The predicted octanol–water partition coefficient (Wildman–Crippen LogP) is 3.32. The number of rotatable bonds is 1. The van der Waals surface area contributed by atoms with Gasteiger partial charge in [-0.05, 0) is 18.3 Å². The molecule has 0 nitrogen and oxygen atoms in total. The average molecular weight is 150 g/mol. The largest absolute Gasteiger partial charge is 0.139 e. The van der Waals surface area contributed by atoms with Crippen molar-refractivity contribution in [2.45, 2.75) is 51.6 Å². The molecule has 0 spiro atoms. The Morgan fingerprint density at radius 2 is 2.00 bits per heavy atom. The molecule has 0 N–H and O–H groups in total. The first-order valence-corrected chi connectivity index (χ1v) is 5.38. The summed E-state index contributed by atoms with van der Waals surface area (Å²) in [5, 5.41) is 0. The fraction of sp³-hybridized carbons (Fsp3) is 1.00. The van der Waals surface area contributed by atoms with Gasteiger partial charge in [0.1, 0.15) is 6.71 Å². The fourth-order valence-electron chi connectivity index (χ4n) is 3.09. The summed E-state index contributed by atoms with van der Waals surface area (Å²) in [6, 6.07) is 0. The van der Waals surface area contributed by atoms with Crippen LogP contribution >= 0.6 is 0 Å². The standard InChI is InChI=1S/C10H19B/c1-2-11-6-5-9-3-4-10(7-9)8-11/h9-10H,2-8H2,1H3. The van der Waals surface area contributed by atoms with E-state index < -0.39 is 0 Å². The van der Waals surface area contributed by atoms with E-state index in [4.69, 9.17) is 0 Å². The van der Waals surface area contributed by atoms with Crippen LogP contribution in [0.4, 0.5) is 0 Å². The maximum Gasteiger partial charge on any atom is 0.139 e. The molecule has 1 heteroatoms. The van der Waals surface area contributed by atoms with Gasteiger partial charge in [-0.3, -0.25) is 0 Å². The summed E-state index contributed by atoms with van der Waals surface area (Å²) in [6.45, 7) is 3.45. The lowest BCUT2D eigenvalue weighted by molar-refractivity contribution is 0.513. The highest BCUT2D eigenvalue weighted by Gasteiger charge is 2.31. The normalized spacial score (nSPS) is 37.4. The summed E-state index contributed by atoms with van der Waals surface area (Å²) in [5.41, 5.74) is 0. The van der Waals surface area contributed by atoms with E-state index in [0.717, 1.165) is 18.5 Å². The second-order valence-corrected chi connectivity index (χ2v) is 4.63. The lowest BCUT2D eigenvalue weighted by Gasteiger charge is -2.13.